The Morgan fingerprint density at radius 3 is 2.18 bits per heavy atom. The number of amides is 1. The molecule has 2 aliphatic heterocycles. The normalized spacial score (nSPS) is 17.9. The van der Waals surface area contributed by atoms with Crippen LogP contribution in [0.15, 0.2) is 87.6 Å². The molecule has 2 aromatic carbocycles. The van der Waals surface area contributed by atoms with Crippen LogP contribution in [0.1, 0.15) is 36.9 Å². The highest BCUT2D eigenvalue weighted by molar-refractivity contribution is 8.00. The Balaban J connectivity index is 1.59. The Morgan fingerprint density at radius 2 is 1.63 bits per heavy atom. The van der Waals surface area contributed by atoms with Crippen molar-refractivity contribution in [3.05, 3.63) is 116 Å². The fraction of sp³-hybridized carbons (Fsp3) is 0.364. The zero-order chi connectivity index (χ0) is 36.7. The summed E-state index contributed by atoms with van der Waals surface area (Å²) in [7, 11) is -1.10. The van der Waals surface area contributed by atoms with Crippen LogP contribution in [0.2, 0.25) is 0 Å². The van der Waals surface area contributed by atoms with Crippen molar-refractivity contribution >= 4 is 48.9 Å². The summed E-state index contributed by atoms with van der Waals surface area (Å²) in [4.78, 5) is 54.8. The number of esters is 1. The van der Waals surface area contributed by atoms with Crippen molar-refractivity contribution in [2.24, 2.45) is 0 Å². The molecule has 18 heteroatoms. The summed E-state index contributed by atoms with van der Waals surface area (Å²) < 4.78 is 41.8. The molecule has 1 saturated heterocycles. The Hall–Kier alpha value is -3.80. The third kappa shape index (κ3) is 8.47. The number of allylic oxidation sites excluding steroid dienone is 1. The lowest BCUT2D eigenvalue weighted by molar-refractivity contribution is -0.153. The number of nitrogens with one attached hydrogen (secondary N) is 2. The van der Waals surface area contributed by atoms with Crippen LogP contribution in [-0.2, 0) is 44.0 Å². The Morgan fingerprint density at radius 1 is 1.04 bits per heavy atom. The fourth-order valence-electron chi connectivity index (χ4n) is 5.52. The van der Waals surface area contributed by atoms with Crippen molar-refractivity contribution in [2.75, 3.05) is 33.2 Å². The minimum absolute atomic E-state index is 0.0512. The molecule has 2 unspecified atom stereocenters. The Bertz CT molecular complexity index is 1900. The van der Waals surface area contributed by atoms with E-state index in [1.165, 1.54) is 37.0 Å². The maximum absolute atomic E-state index is 14.4. The number of ether oxygens (including phenoxy) is 3. The third-order valence-electron chi connectivity index (χ3n) is 7.87. The number of hydrogen-bond donors (Lipinski definition) is 3. The summed E-state index contributed by atoms with van der Waals surface area (Å²) in [5.74, 6) is -1.28. The van der Waals surface area contributed by atoms with E-state index in [-0.39, 0.29) is 41.9 Å². The second-order valence-corrected chi connectivity index (χ2v) is 14.4. The van der Waals surface area contributed by atoms with Gasteiger partial charge in [-0.15, -0.1) is 24.4 Å². The van der Waals surface area contributed by atoms with Gasteiger partial charge in [0.25, 0.3) is 0 Å². The number of carbonyl (C=O) groups excluding carboxylic acids is 2. The molecule has 2 aliphatic rings. The number of fused-ring (bicyclic) bond motifs is 1. The number of β-lactam (4-membered cyclic amide) rings is 1. The third-order valence-corrected chi connectivity index (χ3v) is 11.3. The summed E-state index contributed by atoms with van der Waals surface area (Å²) >= 11 is 5.91. The van der Waals surface area contributed by atoms with Gasteiger partial charge >= 0.3 is 24.8 Å². The van der Waals surface area contributed by atoms with Crippen LogP contribution in [0.25, 0.3) is 4.91 Å². The highest BCUT2D eigenvalue weighted by Crippen LogP contribution is 2.49. The van der Waals surface area contributed by atoms with Crippen molar-refractivity contribution in [1.29, 1.82) is 0 Å². The van der Waals surface area contributed by atoms with Crippen molar-refractivity contribution < 1.29 is 37.4 Å². The largest absolute Gasteiger partial charge is 0.448 e. The lowest BCUT2D eigenvalue weighted by Crippen LogP contribution is -2.69. The summed E-state index contributed by atoms with van der Waals surface area (Å²) in [5, 5.41) is 8.28. The van der Waals surface area contributed by atoms with Crippen molar-refractivity contribution in [1.82, 2.24) is 24.8 Å². The fourth-order valence-corrected chi connectivity index (χ4v) is 8.75. The minimum Gasteiger partial charge on any atom is -0.448 e. The molecule has 0 bridgehead atoms. The quantitative estimate of drug-likeness (QED) is 0.0483. The summed E-state index contributed by atoms with van der Waals surface area (Å²) in [6, 6.07) is 17.3. The molecule has 2 atom stereocenters. The Kier molecular flexibility index (Phi) is 12.9. The first-order valence-electron chi connectivity index (χ1n) is 15.9. The van der Waals surface area contributed by atoms with E-state index < -0.39 is 54.6 Å². The number of rotatable bonds is 16. The molecular formula is C33H38N5O10PS2. The van der Waals surface area contributed by atoms with Crippen LogP contribution in [0.4, 0.5) is 0 Å². The van der Waals surface area contributed by atoms with E-state index in [9.17, 15) is 23.7 Å². The maximum atomic E-state index is 14.4. The molecule has 2 N–H and O–H groups in total. The monoisotopic (exact) mass is 759 g/mol. The van der Waals surface area contributed by atoms with Gasteiger partial charge in [0.1, 0.15) is 17.1 Å². The zero-order valence-electron chi connectivity index (χ0n) is 28.2. The van der Waals surface area contributed by atoms with Gasteiger partial charge in [-0.25, -0.2) is 19.5 Å². The smallest absolute Gasteiger partial charge is 0.406 e. The van der Waals surface area contributed by atoms with Crippen LogP contribution >= 0.6 is 32.1 Å². The molecule has 1 amide bonds. The molecule has 0 aliphatic carbocycles. The molecule has 1 aromatic heterocycles. The predicted octanol–water partition coefficient (Wildman–Crippen LogP) is 3.46. The number of thiol groups is 1. The molecule has 0 saturated carbocycles. The van der Waals surface area contributed by atoms with Crippen LogP contribution in [0.5, 0.6) is 0 Å². The van der Waals surface area contributed by atoms with Crippen LogP contribution in [0, 0.1) is 0 Å². The summed E-state index contributed by atoms with van der Waals surface area (Å²) in [6.45, 7) is 3.25. The first-order chi connectivity index (χ1) is 24.5. The topological polar surface area (TPSA) is 180 Å². The van der Waals surface area contributed by atoms with E-state index in [1.54, 1.807) is 13.8 Å². The maximum Gasteiger partial charge on any atom is 0.406 e. The molecule has 3 aromatic rings. The van der Waals surface area contributed by atoms with Gasteiger partial charge in [-0.3, -0.25) is 32.9 Å². The second kappa shape index (κ2) is 17.1. The SMILES string of the molecule is CCOP(=O)(NC1C(=O)N2C(C(=O)OC(c3ccccc3)c3ccccc3)=C(C=C(S)c3n[nH]c(=O)c(=O)n3CC(OC)OC)CSC12)OCC. The van der Waals surface area contributed by atoms with Crippen LogP contribution < -0.4 is 16.2 Å². The highest BCUT2D eigenvalue weighted by atomic mass is 32.2. The molecular weight excluding hydrogens is 721 g/mol. The van der Waals surface area contributed by atoms with Crippen LogP contribution in [0.3, 0.4) is 0 Å². The lowest BCUT2D eigenvalue weighted by Gasteiger charge is -2.50. The van der Waals surface area contributed by atoms with Crippen molar-refractivity contribution in [2.45, 2.75) is 44.2 Å². The number of benzene rings is 2. The minimum atomic E-state index is -3.85. The van der Waals surface area contributed by atoms with Gasteiger partial charge < -0.3 is 14.2 Å². The van der Waals surface area contributed by atoms with Crippen molar-refractivity contribution in [3.63, 3.8) is 0 Å². The first-order valence-corrected chi connectivity index (χ1v) is 18.9. The van der Waals surface area contributed by atoms with Gasteiger partial charge in [0.05, 0.1) is 19.8 Å². The summed E-state index contributed by atoms with van der Waals surface area (Å²) in [5.41, 5.74) is -0.279. The van der Waals surface area contributed by atoms with E-state index in [0.717, 1.165) is 4.57 Å². The molecule has 51 heavy (non-hydrogen) atoms. The molecule has 0 radical (unpaired) electrons. The van der Waals surface area contributed by atoms with Crippen molar-refractivity contribution in [3.8, 4) is 0 Å². The highest BCUT2D eigenvalue weighted by Gasteiger charge is 2.56. The number of nitrogens with zero attached hydrogens (tertiary/aromatic N) is 3. The average molecular weight is 760 g/mol. The van der Waals surface area contributed by atoms with Gasteiger partial charge in [0.2, 0.25) is 5.91 Å². The first kappa shape index (κ1) is 38.4. The standard InChI is InChI=1S/C33H38N5O10PS2/c1-5-46-49(43,47-6-2)36-25-30(40)38-26(33(42)48-27(20-13-9-7-10-14-20)21-15-11-8-12-16-21)22(19-51-32(25)38)17-23(50)28-34-35-29(39)31(41)37(28)18-24(44-3)45-4/h7-17,24-25,27,32,50H,5-6,18-19H2,1-4H3,(H,35,39)(H,36,43). The number of thioether (sulfide) groups is 1. The number of methoxy groups -OCH3 is 2. The molecule has 15 nitrogen and oxygen atoms in total. The number of H-pyrrole nitrogens is 1. The second-order valence-electron chi connectivity index (χ2n) is 11.1. The van der Waals surface area contributed by atoms with Gasteiger partial charge in [0.15, 0.2) is 18.2 Å². The summed E-state index contributed by atoms with van der Waals surface area (Å²) in [6.07, 6.45) is -0.260. The van der Waals surface area contributed by atoms with E-state index in [4.69, 9.17) is 23.3 Å². The average Bonchev–Trinajstić information content (AvgIpc) is 3.14. The molecule has 272 valence electrons. The molecule has 1 fully saturated rings. The van der Waals surface area contributed by atoms with Gasteiger partial charge in [-0.1, -0.05) is 60.7 Å². The lowest BCUT2D eigenvalue weighted by atomic mass is 10.0. The van der Waals surface area contributed by atoms with Crippen LogP contribution in [-0.4, -0.2) is 82.4 Å². The van der Waals surface area contributed by atoms with Gasteiger partial charge in [0, 0.05) is 24.9 Å². The number of hydrogen-bond acceptors (Lipinski definition) is 13. The van der Waals surface area contributed by atoms with E-state index in [1.807, 2.05) is 60.7 Å². The predicted molar refractivity (Wildman–Crippen MR) is 193 cm³/mol. The molecule has 3 heterocycles. The number of aromatic nitrogens is 3. The van der Waals surface area contributed by atoms with E-state index in [2.05, 4.69) is 27.9 Å². The van der Waals surface area contributed by atoms with Gasteiger partial charge in [-0.05, 0) is 36.6 Å². The zero-order valence-corrected chi connectivity index (χ0v) is 30.8. The Labute approximate surface area is 303 Å². The van der Waals surface area contributed by atoms with E-state index >= 15 is 0 Å². The molecule has 5 rings (SSSR count). The van der Waals surface area contributed by atoms with Gasteiger partial charge in [-0.2, -0.15) is 5.10 Å². The molecule has 0 spiro atoms. The number of carbonyl (C=O) groups is 2. The van der Waals surface area contributed by atoms with E-state index in [0.29, 0.717) is 16.7 Å². The number of aromatic amines is 1.